The number of nitrogens with one attached hydrogen (secondary N) is 2. The highest BCUT2D eigenvalue weighted by atomic mass is 32.1. The van der Waals surface area contributed by atoms with Crippen molar-refractivity contribution in [1.29, 1.82) is 0 Å². The second-order valence-electron chi connectivity index (χ2n) is 5.37. The van der Waals surface area contributed by atoms with E-state index in [9.17, 15) is 8.78 Å². The Balaban J connectivity index is 1.69. The Kier molecular flexibility index (Phi) is 4.34. The van der Waals surface area contributed by atoms with Crippen LogP contribution in [0.25, 0.3) is 0 Å². The Morgan fingerprint density at radius 2 is 1.91 bits per heavy atom. The van der Waals surface area contributed by atoms with E-state index in [-0.39, 0.29) is 6.04 Å². The van der Waals surface area contributed by atoms with Crippen LogP contribution in [0.1, 0.15) is 30.0 Å². The lowest BCUT2D eigenvalue weighted by Crippen LogP contribution is -2.34. The lowest BCUT2D eigenvalue weighted by atomic mass is 9.88. The first-order chi connectivity index (χ1) is 10.6. The number of anilines is 1. The van der Waals surface area contributed by atoms with Crippen LogP contribution in [0.15, 0.2) is 42.5 Å². The normalized spacial score (nSPS) is 16.7. The number of fused-ring (bicyclic) bond motifs is 1. The Morgan fingerprint density at radius 1 is 1.09 bits per heavy atom. The first kappa shape index (κ1) is 14.9. The van der Waals surface area contributed by atoms with Gasteiger partial charge in [0.05, 0.1) is 6.04 Å². The van der Waals surface area contributed by atoms with Gasteiger partial charge in [-0.25, -0.2) is 8.78 Å². The number of hydrogen-bond acceptors (Lipinski definition) is 1. The van der Waals surface area contributed by atoms with Gasteiger partial charge in [-0.3, -0.25) is 0 Å². The lowest BCUT2D eigenvalue weighted by Gasteiger charge is -2.27. The number of benzene rings is 2. The Labute approximate surface area is 133 Å². The zero-order valence-electron chi connectivity index (χ0n) is 11.9. The molecule has 1 unspecified atom stereocenters. The molecule has 22 heavy (non-hydrogen) atoms. The molecule has 114 valence electrons. The average molecular weight is 318 g/mol. The molecule has 2 N–H and O–H groups in total. The summed E-state index contributed by atoms with van der Waals surface area (Å²) in [4.78, 5) is 0. The predicted molar refractivity (Wildman–Crippen MR) is 87.8 cm³/mol. The maximum atomic E-state index is 13.2. The molecule has 0 aromatic heterocycles. The third-order valence-electron chi connectivity index (χ3n) is 3.85. The molecule has 0 spiro atoms. The summed E-state index contributed by atoms with van der Waals surface area (Å²) < 4.78 is 26.1. The largest absolute Gasteiger partial charge is 0.356 e. The molecule has 2 aromatic rings. The van der Waals surface area contributed by atoms with Gasteiger partial charge in [0.2, 0.25) is 0 Å². The van der Waals surface area contributed by atoms with Gasteiger partial charge < -0.3 is 10.6 Å². The summed E-state index contributed by atoms with van der Waals surface area (Å²) in [7, 11) is 0. The summed E-state index contributed by atoms with van der Waals surface area (Å²) in [6.45, 7) is 0. The van der Waals surface area contributed by atoms with Gasteiger partial charge in [0, 0.05) is 11.8 Å². The molecule has 1 aliphatic carbocycles. The van der Waals surface area contributed by atoms with Crippen LogP contribution in [-0.2, 0) is 6.42 Å². The minimum atomic E-state index is -0.893. The Morgan fingerprint density at radius 3 is 2.73 bits per heavy atom. The maximum Gasteiger partial charge on any atom is 0.171 e. The quantitative estimate of drug-likeness (QED) is 0.806. The highest BCUT2D eigenvalue weighted by Crippen LogP contribution is 2.29. The Bertz CT molecular complexity index is 703. The van der Waals surface area contributed by atoms with Crippen LogP contribution in [0.4, 0.5) is 14.5 Å². The molecule has 0 saturated heterocycles. The zero-order chi connectivity index (χ0) is 15.5. The molecule has 5 heteroatoms. The van der Waals surface area contributed by atoms with Crippen molar-refractivity contribution in [3.05, 3.63) is 65.2 Å². The molecule has 0 heterocycles. The van der Waals surface area contributed by atoms with Crippen molar-refractivity contribution < 1.29 is 8.78 Å². The summed E-state index contributed by atoms with van der Waals surface area (Å²) in [5.41, 5.74) is 3.02. The molecule has 3 rings (SSSR count). The van der Waals surface area contributed by atoms with Crippen molar-refractivity contribution in [3.8, 4) is 0 Å². The van der Waals surface area contributed by atoms with E-state index in [1.54, 1.807) is 0 Å². The topological polar surface area (TPSA) is 24.1 Å². The molecule has 2 aromatic carbocycles. The number of thiocarbonyl (C=S) groups is 1. The number of halogens is 2. The SMILES string of the molecule is Fc1ccc(NC(=S)NC2CCCc3ccccc32)cc1F. The van der Waals surface area contributed by atoms with Crippen LogP contribution in [0.3, 0.4) is 0 Å². The minimum Gasteiger partial charge on any atom is -0.356 e. The van der Waals surface area contributed by atoms with E-state index in [1.165, 1.54) is 17.2 Å². The van der Waals surface area contributed by atoms with Gasteiger partial charge in [0.1, 0.15) is 0 Å². The lowest BCUT2D eigenvalue weighted by molar-refractivity contribution is 0.509. The molecular weight excluding hydrogens is 302 g/mol. The van der Waals surface area contributed by atoms with Crippen molar-refractivity contribution in [2.24, 2.45) is 0 Å². The van der Waals surface area contributed by atoms with Crippen molar-refractivity contribution in [1.82, 2.24) is 5.32 Å². The van der Waals surface area contributed by atoms with E-state index in [4.69, 9.17) is 12.2 Å². The fraction of sp³-hybridized carbons (Fsp3) is 0.235. The van der Waals surface area contributed by atoms with Crippen LogP contribution >= 0.6 is 12.2 Å². The molecule has 0 saturated carbocycles. The second-order valence-corrected chi connectivity index (χ2v) is 5.78. The van der Waals surface area contributed by atoms with Crippen LogP contribution in [-0.4, -0.2) is 5.11 Å². The summed E-state index contributed by atoms with van der Waals surface area (Å²) in [5.74, 6) is -1.76. The molecule has 0 bridgehead atoms. The molecule has 0 fully saturated rings. The molecule has 0 amide bonds. The monoisotopic (exact) mass is 318 g/mol. The molecule has 0 radical (unpaired) electrons. The predicted octanol–water partition coefficient (Wildman–Crippen LogP) is 4.33. The minimum absolute atomic E-state index is 0.148. The van der Waals surface area contributed by atoms with Crippen LogP contribution < -0.4 is 10.6 Å². The third kappa shape index (κ3) is 3.25. The van der Waals surface area contributed by atoms with Crippen molar-refractivity contribution in [3.63, 3.8) is 0 Å². The van der Waals surface area contributed by atoms with E-state index >= 15 is 0 Å². The van der Waals surface area contributed by atoms with E-state index in [1.807, 2.05) is 12.1 Å². The van der Waals surface area contributed by atoms with Gasteiger partial charge in [-0.2, -0.15) is 0 Å². The van der Waals surface area contributed by atoms with Crippen molar-refractivity contribution in [2.45, 2.75) is 25.3 Å². The standard InChI is InChI=1S/C17H16F2N2S/c18-14-9-8-12(10-15(14)19)20-17(22)21-16-7-3-5-11-4-1-2-6-13(11)16/h1-2,4,6,8-10,16H,3,5,7H2,(H2,20,21,22). The van der Waals surface area contributed by atoms with Gasteiger partial charge in [-0.15, -0.1) is 0 Å². The van der Waals surface area contributed by atoms with Crippen LogP contribution in [0.5, 0.6) is 0 Å². The first-order valence-electron chi connectivity index (χ1n) is 7.24. The fourth-order valence-electron chi connectivity index (χ4n) is 2.80. The number of hydrogen-bond donors (Lipinski definition) is 2. The summed E-state index contributed by atoms with van der Waals surface area (Å²) in [6.07, 6.45) is 3.18. The molecular formula is C17H16F2N2S. The van der Waals surface area contributed by atoms with Crippen molar-refractivity contribution >= 4 is 23.0 Å². The smallest absolute Gasteiger partial charge is 0.171 e. The highest BCUT2D eigenvalue weighted by molar-refractivity contribution is 7.80. The summed E-state index contributed by atoms with van der Waals surface area (Å²) in [6, 6.07) is 12.1. The zero-order valence-corrected chi connectivity index (χ0v) is 12.7. The second kappa shape index (κ2) is 6.40. The molecule has 1 aliphatic rings. The summed E-state index contributed by atoms with van der Waals surface area (Å²) in [5, 5.41) is 6.57. The van der Waals surface area contributed by atoms with E-state index in [2.05, 4.69) is 22.8 Å². The molecule has 1 atom stereocenters. The van der Waals surface area contributed by atoms with Gasteiger partial charge in [0.15, 0.2) is 16.7 Å². The van der Waals surface area contributed by atoms with Crippen LogP contribution in [0, 0.1) is 11.6 Å². The average Bonchev–Trinajstić information content (AvgIpc) is 2.51. The Hall–Kier alpha value is -2.01. The molecule has 0 aliphatic heterocycles. The van der Waals surface area contributed by atoms with E-state index in [0.717, 1.165) is 31.4 Å². The number of rotatable bonds is 2. The first-order valence-corrected chi connectivity index (χ1v) is 7.64. The van der Waals surface area contributed by atoms with Gasteiger partial charge in [-0.1, -0.05) is 24.3 Å². The third-order valence-corrected chi connectivity index (χ3v) is 4.07. The van der Waals surface area contributed by atoms with Gasteiger partial charge in [0.25, 0.3) is 0 Å². The fourth-order valence-corrected chi connectivity index (χ4v) is 3.06. The number of aryl methyl sites for hydroxylation is 1. The van der Waals surface area contributed by atoms with E-state index in [0.29, 0.717) is 10.8 Å². The van der Waals surface area contributed by atoms with Crippen molar-refractivity contribution in [2.75, 3.05) is 5.32 Å². The van der Waals surface area contributed by atoms with E-state index < -0.39 is 11.6 Å². The highest BCUT2D eigenvalue weighted by Gasteiger charge is 2.20. The maximum absolute atomic E-state index is 13.2. The summed E-state index contributed by atoms with van der Waals surface area (Å²) >= 11 is 5.28. The van der Waals surface area contributed by atoms with Gasteiger partial charge >= 0.3 is 0 Å². The molecule has 2 nitrogen and oxygen atoms in total. The van der Waals surface area contributed by atoms with Crippen LogP contribution in [0.2, 0.25) is 0 Å². The van der Waals surface area contributed by atoms with Gasteiger partial charge in [-0.05, 0) is 54.7 Å².